The first-order valence-corrected chi connectivity index (χ1v) is 10.7. The second-order valence-electron chi connectivity index (χ2n) is 10.7. The Labute approximate surface area is 170 Å². The van der Waals surface area contributed by atoms with Crippen LogP contribution in [0.3, 0.4) is 0 Å². The van der Waals surface area contributed by atoms with Gasteiger partial charge in [0.05, 0.1) is 0 Å². The Morgan fingerprint density at radius 2 is 1.50 bits per heavy atom. The number of benzene rings is 2. The highest BCUT2D eigenvalue weighted by atomic mass is 16.5. The first kappa shape index (κ1) is 19.4. The molecule has 0 radical (unpaired) electrons. The summed E-state index contributed by atoms with van der Waals surface area (Å²) in [5, 5.41) is 0. The first-order chi connectivity index (χ1) is 13.1. The van der Waals surface area contributed by atoms with E-state index in [0.29, 0.717) is 11.5 Å². The molecule has 2 aliphatic rings. The summed E-state index contributed by atoms with van der Waals surface area (Å²) in [5.41, 5.74) is 5.82. The Morgan fingerprint density at radius 1 is 0.786 bits per heavy atom. The predicted octanol–water partition coefficient (Wildman–Crippen LogP) is 6.17. The first-order valence-electron chi connectivity index (χ1n) is 10.7. The van der Waals surface area contributed by atoms with Gasteiger partial charge < -0.3 is 9.47 Å². The van der Waals surface area contributed by atoms with E-state index < -0.39 is 0 Å². The van der Waals surface area contributed by atoms with Gasteiger partial charge >= 0.3 is 0 Å². The van der Waals surface area contributed by atoms with E-state index in [1.165, 1.54) is 22.3 Å². The van der Waals surface area contributed by atoms with Crippen molar-refractivity contribution in [2.24, 2.45) is 10.8 Å². The Bertz CT molecular complexity index is 872. The molecule has 2 heteroatoms. The topological polar surface area (TPSA) is 18.5 Å². The minimum atomic E-state index is 0.0719. The lowest BCUT2D eigenvalue weighted by atomic mass is 9.78. The van der Waals surface area contributed by atoms with Crippen molar-refractivity contribution >= 4 is 0 Å². The Balaban J connectivity index is 1.47. The van der Waals surface area contributed by atoms with Crippen LogP contribution in [0, 0.1) is 10.8 Å². The van der Waals surface area contributed by atoms with Gasteiger partial charge in [-0.25, -0.2) is 0 Å². The molecule has 0 saturated heterocycles. The summed E-state index contributed by atoms with van der Waals surface area (Å²) in [4.78, 5) is 0. The Kier molecular flexibility index (Phi) is 4.72. The third-order valence-electron chi connectivity index (χ3n) is 6.03. The summed E-state index contributed by atoms with van der Waals surface area (Å²) in [6.45, 7) is 13.7. The van der Waals surface area contributed by atoms with Crippen molar-refractivity contribution in [2.45, 2.75) is 79.4 Å². The van der Waals surface area contributed by atoms with Gasteiger partial charge in [0.1, 0.15) is 23.7 Å². The molecule has 0 aliphatic carbocycles. The van der Waals surface area contributed by atoms with Crippen molar-refractivity contribution in [3.63, 3.8) is 0 Å². The van der Waals surface area contributed by atoms with Gasteiger partial charge in [0.2, 0.25) is 0 Å². The molecule has 2 aromatic rings. The molecule has 0 fully saturated rings. The number of ether oxygens (including phenoxy) is 2. The van der Waals surface area contributed by atoms with Gasteiger partial charge in [0.25, 0.3) is 0 Å². The number of fused-ring (bicyclic) bond motifs is 2. The minimum absolute atomic E-state index is 0.0719. The smallest absolute Gasteiger partial charge is 0.123 e. The fourth-order valence-corrected chi connectivity index (χ4v) is 4.66. The SMILES string of the molecule is CC1Cc2cc(CC(C)(C)[C@@H]3Cc4ccc(CC(C)(C)C)cc4O3)ccc2O1. The van der Waals surface area contributed by atoms with Gasteiger partial charge in [-0.15, -0.1) is 0 Å². The largest absolute Gasteiger partial charge is 0.490 e. The highest BCUT2D eigenvalue weighted by Crippen LogP contribution is 2.40. The van der Waals surface area contributed by atoms with Crippen LogP contribution in [0.1, 0.15) is 63.8 Å². The van der Waals surface area contributed by atoms with Crippen molar-refractivity contribution in [3.05, 3.63) is 58.7 Å². The molecule has 0 amide bonds. The molecule has 1 unspecified atom stereocenters. The van der Waals surface area contributed by atoms with E-state index in [4.69, 9.17) is 9.47 Å². The minimum Gasteiger partial charge on any atom is -0.490 e. The number of rotatable bonds is 4. The van der Waals surface area contributed by atoms with Crippen molar-refractivity contribution in [1.82, 2.24) is 0 Å². The van der Waals surface area contributed by atoms with E-state index in [1.807, 2.05) is 0 Å². The average Bonchev–Trinajstić information content (AvgIpc) is 3.15. The molecule has 4 rings (SSSR count). The third kappa shape index (κ3) is 4.06. The highest BCUT2D eigenvalue weighted by molar-refractivity contribution is 5.43. The van der Waals surface area contributed by atoms with E-state index in [9.17, 15) is 0 Å². The molecule has 150 valence electrons. The molecule has 2 aromatic carbocycles. The molecule has 2 heterocycles. The average molecular weight is 379 g/mol. The van der Waals surface area contributed by atoms with Gasteiger partial charge in [-0.1, -0.05) is 58.9 Å². The second kappa shape index (κ2) is 6.83. The van der Waals surface area contributed by atoms with Crippen molar-refractivity contribution in [1.29, 1.82) is 0 Å². The molecule has 2 aliphatic heterocycles. The lowest BCUT2D eigenvalue weighted by Crippen LogP contribution is -2.35. The van der Waals surface area contributed by atoms with Crippen LogP contribution < -0.4 is 9.47 Å². The molecular weight excluding hydrogens is 344 g/mol. The zero-order valence-corrected chi connectivity index (χ0v) is 18.3. The van der Waals surface area contributed by atoms with Crippen LogP contribution in [0.4, 0.5) is 0 Å². The van der Waals surface area contributed by atoms with Crippen LogP contribution in [-0.2, 0) is 25.7 Å². The zero-order valence-electron chi connectivity index (χ0n) is 18.3. The highest BCUT2D eigenvalue weighted by Gasteiger charge is 2.37. The van der Waals surface area contributed by atoms with E-state index in [1.54, 1.807) is 0 Å². The number of hydrogen-bond donors (Lipinski definition) is 0. The van der Waals surface area contributed by atoms with Crippen molar-refractivity contribution in [2.75, 3.05) is 0 Å². The van der Waals surface area contributed by atoms with Crippen LogP contribution >= 0.6 is 0 Å². The Morgan fingerprint density at radius 3 is 2.25 bits per heavy atom. The van der Waals surface area contributed by atoms with E-state index in [-0.39, 0.29) is 11.5 Å². The van der Waals surface area contributed by atoms with Gasteiger partial charge in [-0.3, -0.25) is 0 Å². The lowest BCUT2D eigenvalue weighted by Gasteiger charge is -2.31. The summed E-state index contributed by atoms with van der Waals surface area (Å²) in [7, 11) is 0. The molecule has 0 spiro atoms. The lowest BCUT2D eigenvalue weighted by molar-refractivity contribution is 0.0934. The summed E-state index contributed by atoms with van der Waals surface area (Å²) < 4.78 is 12.3. The van der Waals surface area contributed by atoms with Crippen molar-refractivity contribution < 1.29 is 9.47 Å². The standard InChI is InChI=1S/C26H34O2/c1-17-11-21-12-18(8-10-22(21)27-17)16-26(5,6)24-14-20-9-7-19(13-23(20)28-24)15-25(2,3)4/h7-10,12-13,17,24H,11,14-16H2,1-6H3/t17?,24-/m0/s1. The monoisotopic (exact) mass is 378 g/mol. The number of hydrogen-bond acceptors (Lipinski definition) is 2. The maximum Gasteiger partial charge on any atom is 0.123 e. The summed E-state index contributed by atoms with van der Waals surface area (Å²) in [6.07, 6.45) is 4.63. The van der Waals surface area contributed by atoms with Crippen molar-refractivity contribution in [3.8, 4) is 11.5 Å². The van der Waals surface area contributed by atoms with E-state index in [0.717, 1.165) is 37.2 Å². The van der Waals surface area contributed by atoms with E-state index >= 15 is 0 Å². The predicted molar refractivity (Wildman–Crippen MR) is 115 cm³/mol. The van der Waals surface area contributed by atoms with Gasteiger partial charge in [0, 0.05) is 18.3 Å². The quantitative estimate of drug-likeness (QED) is 0.633. The van der Waals surface area contributed by atoms with Crippen LogP contribution in [-0.4, -0.2) is 12.2 Å². The van der Waals surface area contributed by atoms with Crippen LogP contribution in [0.15, 0.2) is 36.4 Å². The zero-order chi connectivity index (χ0) is 20.1. The molecule has 28 heavy (non-hydrogen) atoms. The molecular formula is C26H34O2. The van der Waals surface area contributed by atoms with Gasteiger partial charge in [-0.2, -0.15) is 0 Å². The van der Waals surface area contributed by atoms with Gasteiger partial charge in [-0.05, 0) is 59.6 Å². The normalized spacial score (nSPS) is 21.1. The van der Waals surface area contributed by atoms with Gasteiger partial charge in [0.15, 0.2) is 0 Å². The molecule has 2 atom stereocenters. The Hall–Kier alpha value is -1.96. The fourth-order valence-electron chi connectivity index (χ4n) is 4.66. The molecule has 2 nitrogen and oxygen atoms in total. The maximum absolute atomic E-state index is 6.48. The summed E-state index contributed by atoms with van der Waals surface area (Å²) in [5.74, 6) is 2.15. The van der Waals surface area contributed by atoms with Crippen LogP contribution in [0.2, 0.25) is 0 Å². The molecule has 0 N–H and O–H groups in total. The fraction of sp³-hybridized carbons (Fsp3) is 0.538. The molecule has 0 bridgehead atoms. The molecule has 0 aromatic heterocycles. The summed E-state index contributed by atoms with van der Waals surface area (Å²) in [6, 6.07) is 13.5. The van der Waals surface area contributed by atoms with Crippen LogP contribution in [0.25, 0.3) is 0 Å². The van der Waals surface area contributed by atoms with Crippen LogP contribution in [0.5, 0.6) is 11.5 Å². The summed E-state index contributed by atoms with van der Waals surface area (Å²) >= 11 is 0. The second-order valence-corrected chi connectivity index (χ2v) is 10.7. The third-order valence-corrected chi connectivity index (χ3v) is 6.03. The van der Waals surface area contributed by atoms with E-state index in [2.05, 4.69) is 77.9 Å². The maximum atomic E-state index is 6.48. The molecule has 0 saturated carbocycles.